The molecule has 3 nitrogen and oxygen atoms in total. The summed E-state index contributed by atoms with van der Waals surface area (Å²) in [6.07, 6.45) is 0.165. The van der Waals surface area contributed by atoms with Gasteiger partial charge in [-0.1, -0.05) is 42.5 Å². The van der Waals surface area contributed by atoms with Crippen molar-refractivity contribution in [1.82, 2.24) is 5.32 Å². The number of ether oxygens (including phenoxy) is 1. The first-order valence-corrected chi connectivity index (χ1v) is 7.77. The topological polar surface area (TPSA) is 24.5 Å². The fourth-order valence-corrected chi connectivity index (χ4v) is 2.63. The SMILES string of the molecule is COC(C)N(c1ccccc1)C(C)NCc1ccccc1C. The van der Waals surface area contributed by atoms with Crippen molar-refractivity contribution in [3.63, 3.8) is 0 Å². The van der Waals surface area contributed by atoms with Gasteiger partial charge < -0.3 is 9.64 Å². The van der Waals surface area contributed by atoms with Gasteiger partial charge in [-0.3, -0.25) is 5.32 Å². The second-order valence-corrected chi connectivity index (χ2v) is 5.56. The van der Waals surface area contributed by atoms with E-state index in [1.807, 2.05) is 6.07 Å². The fraction of sp³-hybridized carbons (Fsp3) is 0.368. The molecule has 0 amide bonds. The van der Waals surface area contributed by atoms with Crippen molar-refractivity contribution in [3.8, 4) is 0 Å². The van der Waals surface area contributed by atoms with Crippen molar-refractivity contribution in [2.45, 2.75) is 39.7 Å². The molecule has 0 spiro atoms. The van der Waals surface area contributed by atoms with E-state index < -0.39 is 0 Å². The van der Waals surface area contributed by atoms with Crippen LogP contribution in [-0.2, 0) is 11.3 Å². The quantitative estimate of drug-likeness (QED) is 0.784. The third-order valence-corrected chi connectivity index (χ3v) is 4.05. The smallest absolute Gasteiger partial charge is 0.128 e. The maximum atomic E-state index is 5.55. The van der Waals surface area contributed by atoms with Crippen LogP contribution in [0.25, 0.3) is 0 Å². The first kappa shape index (κ1) is 16.5. The molecule has 2 atom stereocenters. The Kier molecular flexibility index (Phi) is 5.99. The van der Waals surface area contributed by atoms with Crippen LogP contribution in [0.3, 0.4) is 0 Å². The predicted octanol–water partition coefficient (Wildman–Crippen LogP) is 3.93. The Morgan fingerprint density at radius 1 is 1.00 bits per heavy atom. The summed E-state index contributed by atoms with van der Waals surface area (Å²) in [7, 11) is 1.74. The highest BCUT2D eigenvalue weighted by Crippen LogP contribution is 2.19. The number of para-hydroxylation sites is 1. The molecule has 0 heterocycles. The Balaban J connectivity index is 2.09. The zero-order chi connectivity index (χ0) is 15.9. The van der Waals surface area contributed by atoms with E-state index in [-0.39, 0.29) is 12.4 Å². The molecule has 0 aromatic heterocycles. The minimum Gasteiger partial charge on any atom is -0.362 e. The molecule has 0 saturated heterocycles. The summed E-state index contributed by atoms with van der Waals surface area (Å²) < 4.78 is 5.55. The first-order chi connectivity index (χ1) is 10.6. The number of anilines is 1. The molecule has 118 valence electrons. The summed E-state index contributed by atoms with van der Waals surface area (Å²) in [5.74, 6) is 0. The predicted molar refractivity (Wildman–Crippen MR) is 92.9 cm³/mol. The molecule has 0 radical (unpaired) electrons. The Bertz CT molecular complexity index is 571. The van der Waals surface area contributed by atoms with Crippen LogP contribution < -0.4 is 10.2 Å². The summed E-state index contributed by atoms with van der Waals surface area (Å²) in [6.45, 7) is 7.22. The van der Waals surface area contributed by atoms with Crippen molar-refractivity contribution in [2.24, 2.45) is 0 Å². The fourth-order valence-electron chi connectivity index (χ4n) is 2.63. The molecule has 2 aromatic rings. The van der Waals surface area contributed by atoms with Crippen molar-refractivity contribution in [3.05, 3.63) is 65.7 Å². The largest absolute Gasteiger partial charge is 0.362 e. The summed E-state index contributed by atoms with van der Waals surface area (Å²) >= 11 is 0. The molecule has 1 N–H and O–H groups in total. The van der Waals surface area contributed by atoms with Crippen LogP contribution in [0.5, 0.6) is 0 Å². The molecule has 2 unspecified atom stereocenters. The highest BCUT2D eigenvalue weighted by atomic mass is 16.5. The number of benzene rings is 2. The minimum absolute atomic E-state index is 0.00164. The highest BCUT2D eigenvalue weighted by Gasteiger charge is 2.19. The number of rotatable bonds is 7. The van der Waals surface area contributed by atoms with Gasteiger partial charge in [-0.25, -0.2) is 0 Å². The lowest BCUT2D eigenvalue weighted by Crippen LogP contribution is -2.49. The Morgan fingerprint density at radius 2 is 1.64 bits per heavy atom. The average molecular weight is 298 g/mol. The highest BCUT2D eigenvalue weighted by molar-refractivity contribution is 5.47. The minimum atomic E-state index is 0.00164. The number of hydrogen-bond donors (Lipinski definition) is 1. The number of nitrogens with one attached hydrogen (secondary N) is 1. The van der Waals surface area contributed by atoms with Crippen molar-refractivity contribution in [2.75, 3.05) is 12.0 Å². The van der Waals surface area contributed by atoms with Crippen LogP contribution in [0.4, 0.5) is 5.69 Å². The van der Waals surface area contributed by atoms with E-state index in [0.29, 0.717) is 0 Å². The molecule has 2 aromatic carbocycles. The molecule has 0 bridgehead atoms. The van der Waals surface area contributed by atoms with Crippen molar-refractivity contribution < 1.29 is 4.74 Å². The lowest BCUT2D eigenvalue weighted by atomic mass is 10.1. The summed E-state index contributed by atoms with van der Waals surface area (Å²) in [5, 5.41) is 3.60. The molecule has 0 aliphatic rings. The monoisotopic (exact) mass is 298 g/mol. The van der Waals surface area contributed by atoms with E-state index in [4.69, 9.17) is 4.74 Å². The van der Waals surface area contributed by atoms with Gasteiger partial charge in [-0.05, 0) is 44.0 Å². The lowest BCUT2D eigenvalue weighted by molar-refractivity contribution is 0.104. The Hall–Kier alpha value is -1.84. The van der Waals surface area contributed by atoms with Crippen LogP contribution >= 0.6 is 0 Å². The molecule has 0 aliphatic heterocycles. The van der Waals surface area contributed by atoms with Gasteiger partial charge in [0.25, 0.3) is 0 Å². The van der Waals surface area contributed by atoms with Gasteiger partial charge in [0.05, 0.1) is 6.17 Å². The number of hydrogen-bond acceptors (Lipinski definition) is 3. The molecular formula is C19H26N2O. The third kappa shape index (κ3) is 4.09. The van der Waals surface area contributed by atoms with Crippen LogP contribution in [0.1, 0.15) is 25.0 Å². The van der Waals surface area contributed by atoms with Crippen LogP contribution in [-0.4, -0.2) is 19.5 Å². The van der Waals surface area contributed by atoms with Crippen LogP contribution in [0, 0.1) is 6.92 Å². The van der Waals surface area contributed by atoms with E-state index in [0.717, 1.165) is 12.2 Å². The van der Waals surface area contributed by atoms with E-state index in [2.05, 4.69) is 79.5 Å². The number of nitrogens with zero attached hydrogens (tertiary/aromatic N) is 1. The van der Waals surface area contributed by atoms with Gasteiger partial charge in [0.2, 0.25) is 0 Å². The molecule has 2 rings (SSSR count). The molecular weight excluding hydrogens is 272 g/mol. The van der Waals surface area contributed by atoms with Gasteiger partial charge in [0.15, 0.2) is 0 Å². The summed E-state index contributed by atoms with van der Waals surface area (Å²) in [6, 6.07) is 18.8. The normalized spacial score (nSPS) is 13.6. The van der Waals surface area contributed by atoms with E-state index in [9.17, 15) is 0 Å². The third-order valence-electron chi connectivity index (χ3n) is 4.05. The molecule has 3 heteroatoms. The second-order valence-electron chi connectivity index (χ2n) is 5.56. The molecule has 22 heavy (non-hydrogen) atoms. The van der Waals surface area contributed by atoms with E-state index in [1.54, 1.807) is 7.11 Å². The molecule has 0 fully saturated rings. The van der Waals surface area contributed by atoms with Gasteiger partial charge in [-0.15, -0.1) is 0 Å². The second kappa shape index (κ2) is 7.97. The molecule has 0 aliphatic carbocycles. The lowest BCUT2D eigenvalue weighted by Gasteiger charge is -2.36. The van der Waals surface area contributed by atoms with Crippen LogP contribution in [0.15, 0.2) is 54.6 Å². The summed E-state index contributed by atoms with van der Waals surface area (Å²) in [4.78, 5) is 2.25. The standard InChI is InChI=1S/C19H26N2O/c1-15-10-8-9-11-18(15)14-20-16(2)21(17(3)22-4)19-12-6-5-7-13-19/h5-13,16-17,20H,14H2,1-4H3. The number of methoxy groups -OCH3 is 1. The van der Waals surface area contributed by atoms with Crippen molar-refractivity contribution in [1.29, 1.82) is 0 Å². The van der Waals surface area contributed by atoms with E-state index >= 15 is 0 Å². The zero-order valence-corrected chi connectivity index (χ0v) is 13.9. The zero-order valence-electron chi connectivity index (χ0n) is 13.9. The summed E-state index contributed by atoms with van der Waals surface area (Å²) in [5.41, 5.74) is 3.79. The van der Waals surface area contributed by atoms with Crippen molar-refractivity contribution >= 4 is 5.69 Å². The van der Waals surface area contributed by atoms with Gasteiger partial charge in [-0.2, -0.15) is 0 Å². The maximum Gasteiger partial charge on any atom is 0.128 e. The number of aryl methyl sites for hydroxylation is 1. The van der Waals surface area contributed by atoms with Crippen LogP contribution in [0.2, 0.25) is 0 Å². The van der Waals surface area contributed by atoms with Gasteiger partial charge in [0.1, 0.15) is 6.23 Å². The Morgan fingerprint density at radius 3 is 2.27 bits per heavy atom. The average Bonchev–Trinajstić information content (AvgIpc) is 2.55. The van der Waals surface area contributed by atoms with Gasteiger partial charge >= 0.3 is 0 Å². The first-order valence-electron chi connectivity index (χ1n) is 7.77. The molecule has 0 saturated carbocycles. The maximum absolute atomic E-state index is 5.55. The van der Waals surface area contributed by atoms with Gasteiger partial charge in [0, 0.05) is 19.3 Å². The van der Waals surface area contributed by atoms with E-state index in [1.165, 1.54) is 11.1 Å². The Labute approximate surface area is 133 Å².